The minimum absolute atomic E-state index is 0.223. The summed E-state index contributed by atoms with van der Waals surface area (Å²) in [6, 6.07) is 11.3. The van der Waals surface area contributed by atoms with Gasteiger partial charge in [-0.1, -0.05) is 30.0 Å². The number of primary sulfonamides is 1. The maximum absolute atomic E-state index is 11.3. The molecule has 0 radical (unpaired) electrons. The van der Waals surface area contributed by atoms with E-state index < -0.39 is 10.0 Å². The van der Waals surface area contributed by atoms with Gasteiger partial charge in [-0.15, -0.1) is 11.3 Å². The van der Waals surface area contributed by atoms with Crippen molar-refractivity contribution in [3.05, 3.63) is 41.8 Å². The summed E-state index contributed by atoms with van der Waals surface area (Å²) in [5.74, 6) is 0. The lowest BCUT2D eigenvalue weighted by Crippen LogP contribution is -2.11. The predicted molar refractivity (Wildman–Crippen MR) is 66.3 cm³/mol. The Morgan fingerprint density at radius 1 is 1.12 bits per heavy atom. The monoisotopic (exact) mass is 271 g/mol. The van der Waals surface area contributed by atoms with Crippen molar-refractivity contribution in [3.8, 4) is 0 Å². The largest absolute Gasteiger partial charge is 0.248 e. The van der Waals surface area contributed by atoms with Crippen LogP contribution in [0, 0.1) is 0 Å². The van der Waals surface area contributed by atoms with Crippen LogP contribution in [0.2, 0.25) is 0 Å². The Morgan fingerprint density at radius 2 is 1.81 bits per heavy atom. The molecule has 16 heavy (non-hydrogen) atoms. The summed E-state index contributed by atoms with van der Waals surface area (Å²) in [6.07, 6.45) is 0. The van der Waals surface area contributed by atoms with Gasteiger partial charge in [-0.05, 0) is 23.6 Å². The molecule has 1 aromatic carbocycles. The number of rotatable bonds is 3. The quantitative estimate of drug-likeness (QED) is 0.933. The molecule has 0 fully saturated rings. The first-order valence-corrected chi connectivity index (χ1v) is 7.65. The van der Waals surface area contributed by atoms with Crippen LogP contribution in [-0.2, 0) is 10.0 Å². The van der Waals surface area contributed by atoms with Crippen molar-refractivity contribution in [2.45, 2.75) is 14.0 Å². The SMILES string of the molecule is NS(=O)(=O)c1sccc1Sc1ccccc1. The van der Waals surface area contributed by atoms with Crippen molar-refractivity contribution in [1.29, 1.82) is 0 Å². The van der Waals surface area contributed by atoms with Crippen LogP contribution >= 0.6 is 23.1 Å². The number of sulfonamides is 1. The Morgan fingerprint density at radius 3 is 2.44 bits per heavy atom. The lowest BCUT2D eigenvalue weighted by Gasteiger charge is -2.01. The summed E-state index contributed by atoms with van der Waals surface area (Å²) in [5.41, 5.74) is 0. The molecule has 0 bridgehead atoms. The van der Waals surface area contributed by atoms with Crippen molar-refractivity contribution in [2.75, 3.05) is 0 Å². The first kappa shape index (κ1) is 11.7. The molecular weight excluding hydrogens is 262 g/mol. The van der Waals surface area contributed by atoms with Gasteiger partial charge in [0.25, 0.3) is 0 Å². The molecule has 6 heteroatoms. The van der Waals surface area contributed by atoms with Crippen LogP contribution in [0.25, 0.3) is 0 Å². The van der Waals surface area contributed by atoms with Gasteiger partial charge >= 0.3 is 0 Å². The molecule has 2 rings (SSSR count). The molecular formula is C10H9NO2S3. The molecule has 2 N–H and O–H groups in total. The fraction of sp³-hybridized carbons (Fsp3) is 0. The molecule has 0 amide bonds. The van der Waals surface area contributed by atoms with Crippen LogP contribution in [-0.4, -0.2) is 8.42 Å². The first-order valence-electron chi connectivity index (χ1n) is 4.40. The smallest absolute Gasteiger partial charge is 0.224 e. The molecule has 0 unspecified atom stereocenters. The summed E-state index contributed by atoms with van der Waals surface area (Å²) in [6.45, 7) is 0. The second kappa shape index (κ2) is 4.58. The summed E-state index contributed by atoms with van der Waals surface area (Å²) in [4.78, 5) is 1.67. The Labute approximate surface area is 102 Å². The van der Waals surface area contributed by atoms with Crippen molar-refractivity contribution in [2.24, 2.45) is 5.14 Å². The van der Waals surface area contributed by atoms with Gasteiger partial charge in [0, 0.05) is 9.79 Å². The van der Waals surface area contributed by atoms with Gasteiger partial charge in [0.2, 0.25) is 10.0 Å². The molecule has 1 aromatic heterocycles. The fourth-order valence-electron chi connectivity index (χ4n) is 1.18. The Hall–Kier alpha value is -0.820. The van der Waals surface area contributed by atoms with Gasteiger partial charge in [-0.3, -0.25) is 0 Å². The van der Waals surface area contributed by atoms with Crippen LogP contribution in [0.3, 0.4) is 0 Å². The van der Waals surface area contributed by atoms with Gasteiger partial charge in [0.1, 0.15) is 4.21 Å². The zero-order chi connectivity index (χ0) is 11.6. The van der Waals surface area contributed by atoms with Crippen molar-refractivity contribution in [3.63, 3.8) is 0 Å². The zero-order valence-electron chi connectivity index (χ0n) is 8.16. The summed E-state index contributed by atoms with van der Waals surface area (Å²) < 4.78 is 22.8. The third-order valence-electron chi connectivity index (χ3n) is 1.83. The van der Waals surface area contributed by atoms with E-state index in [4.69, 9.17) is 5.14 Å². The standard InChI is InChI=1S/C10H9NO2S3/c11-16(12,13)10-9(6-7-14-10)15-8-4-2-1-3-5-8/h1-7H,(H2,11,12,13). The van der Waals surface area contributed by atoms with Crippen LogP contribution in [0.1, 0.15) is 0 Å². The molecule has 0 saturated heterocycles. The molecule has 0 aliphatic carbocycles. The van der Waals surface area contributed by atoms with Crippen LogP contribution < -0.4 is 5.14 Å². The molecule has 2 aromatic rings. The van der Waals surface area contributed by atoms with E-state index in [1.807, 2.05) is 30.3 Å². The van der Waals surface area contributed by atoms with Gasteiger partial charge in [-0.2, -0.15) is 0 Å². The minimum Gasteiger partial charge on any atom is -0.224 e. The summed E-state index contributed by atoms with van der Waals surface area (Å²) >= 11 is 2.54. The molecule has 84 valence electrons. The highest BCUT2D eigenvalue weighted by atomic mass is 32.2. The maximum atomic E-state index is 11.3. The number of hydrogen-bond donors (Lipinski definition) is 1. The molecule has 3 nitrogen and oxygen atoms in total. The number of thiophene rings is 1. The van der Waals surface area contributed by atoms with E-state index >= 15 is 0 Å². The molecule has 0 saturated carbocycles. The Bertz CT molecular complexity index is 575. The number of nitrogens with two attached hydrogens (primary N) is 1. The average molecular weight is 271 g/mol. The fourth-order valence-corrected chi connectivity index (χ4v) is 4.34. The van der Waals surface area contributed by atoms with E-state index in [1.165, 1.54) is 11.8 Å². The molecule has 1 heterocycles. The highest BCUT2D eigenvalue weighted by molar-refractivity contribution is 8.00. The van der Waals surface area contributed by atoms with E-state index in [2.05, 4.69) is 0 Å². The average Bonchev–Trinajstić information content (AvgIpc) is 2.67. The van der Waals surface area contributed by atoms with Crippen molar-refractivity contribution >= 4 is 33.1 Å². The van der Waals surface area contributed by atoms with Gasteiger partial charge in [-0.25, -0.2) is 13.6 Å². The molecule has 0 aliphatic rings. The van der Waals surface area contributed by atoms with E-state index in [9.17, 15) is 8.42 Å². The topological polar surface area (TPSA) is 60.2 Å². The van der Waals surface area contributed by atoms with Crippen molar-refractivity contribution < 1.29 is 8.42 Å². The maximum Gasteiger partial charge on any atom is 0.248 e. The first-order chi connectivity index (χ1) is 7.57. The van der Waals surface area contributed by atoms with Crippen LogP contribution in [0.15, 0.2) is 55.8 Å². The van der Waals surface area contributed by atoms with E-state index in [1.54, 1.807) is 11.4 Å². The van der Waals surface area contributed by atoms with E-state index in [-0.39, 0.29) is 4.21 Å². The van der Waals surface area contributed by atoms with Gasteiger partial charge in [0.15, 0.2) is 0 Å². The lowest BCUT2D eigenvalue weighted by molar-refractivity contribution is 0.598. The van der Waals surface area contributed by atoms with Crippen LogP contribution in [0.5, 0.6) is 0 Å². The summed E-state index contributed by atoms with van der Waals surface area (Å²) in [5, 5.41) is 6.85. The summed E-state index contributed by atoms with van der Waals surface area (Å²) in [7, 11) is -3.61. The molecule has 0 atom stereocenters. The minimum atomic E-state index is -3.61. The Kier molecular flexibility index (Phi) is 3.34. The van der Waals surface area contributed by atoms with Crippen LogP contribution in [0.4, 0.5) is 0 Å². The van der Waals surface area contributed by atoms with E-state index in [0.29, 0.717) is 4.90 Å². The van der Waals surface area contributed by atoms with Gasteiger partial charge < -0.3 is 0 Å². The molecule has 0 aliphatic heterocycles. The highest BCUT2D eigenvalue weighted by Gasteiger charge is 2.16. The second-order valence-electron chi connectivity index (χ2n) is 3.03. The highest BCUT2D eigenvalue weighted by Crippen LogP contribution is 2.35. The number of benzene rings is 1. The zero-order valence-corrected chi connectivity index (χ0v) is 10.6. The van der Waals surface area contributed by atoms with Gasteiger partial charge in [0.05, 0.1) is 0 Å². The number of hydrogen-bond acceptors (Lipinski definition) is 4. The third-order valence-corrected chi connectivity index (χ3v) is 5.58. The predicted octanol–water partition coefficient (Wildman–Crippen LogP) is 2.55. The Balaban J connectivity index is 2.34. The van der Waals surface area contributed by atoms with Crippen molar-refractivity contribution in [1.82, 2.24) is 0 Å². The third kappa shape index (κ3) is 2.65. The second-order valence-corrected chi connectivity index (χ2v) is 6.82. The molecule has 0 spiro atoms. The normalized spacial score (nSPS) is 11.6. The lowest BCUT2D eigenvalue weighted by atomic mass is 10.4. The van der Waals surface area contributed by atoms with E-state index in [0.717, 1.165) is 16.2 Å².